The average molecular weight is 267 g/mol. The minimum Gasteiger partial charge on any atom is -0.420 e. The summed E-state index contributed by atoms with van der Waals surface area (Å²) in [5, 5.41) is 10.6. The van der Waals surface area contributed by atoms with Crippen LogP contribution in [0.3, 0.4) is 0 Å². The van der Waals surface area contributed by atoms with E-state index in [1.165, 1.54) is 6.07 Å². The van der Waals surface area contributed by atoms with Crippen molar-refractivity contribution in [1.29, 1.82) is 0 Å². The first-order chi connectivity index (χ1) is 9.22. The Balaban J connectivity index is 2.08. The molecule has 2 rings (SSSR count). The van der Waals surface area contributed by atoms with Gasteiger partial charge in [0.05, 0.1) is 0 Å². The Kier molecular flexibility index (Phi) is 4.57. The molecule has 0 fully saturated rings. The molecule has 1 aromatic carbocycles. The number of rotatable bonds is 6. The third-order valence-corrected chi connectivity index (χ3v) is 2.64. The van der Waals surface area contributed by atoms with Gasteiger partial charge in [0.2, 0.25) is 5.89 Å². The van der Waals surface area contributed by atoms with E-state index >= 15 is 0 Å². The molecule has 1 aromatic heterocycles. The van der Waals surface area contributed by atoms with Gasteiger partial charge in [0.15, 0.2) is 0 Å². The standard InChI is InChI=1S/C13H15F2N3O/c1-2-16-8-4-7-11-17-18-13(19-11)12-9(14)5-3-6-10(12)15/h3,5-6,16H,2,4,7-8H2,1H3. The molecule has 0 aliphatic rings. The summed E-state index contributed by atoms with van der Waals surface area (Å²) in [6, 6.07) is 3.61. The van der Waals surface area contributed by atoms with Gasteiger partial charge in [0, 0.05) is 6.42 Å². The molecule has 1 heterocycles. The van der Waals surface area contributed by atoms with Crippen LogP contribution in [-0.2, 0) is 6.42 Å². The highest BCUT2D eigenvalue weighted by Crippen LogP contribution is 2.24. The Labute approximate surface area is 109 Å². The number of nitrogens with one attached hydrogen (secondary N) is 1. The fourth-order valence-corrected chi connectivity index (χ4v) is 1.70. The lowest BCUT2D eigenvalue weighted by atomic mass is 10.2. The van der Waals surface area contributed by atoms with Crippen LogP contribution in [0, 0.1) is 11.6 Å². The van der Waals surface area contributed by atoms with Crippen molar-refractivity contribution < 1.29 is 13.2 Å². The van der Waals surface area contributed by atoms with E-state index in [-0.39, 0.29) is 11.5 Å². The molecular formula is C13H15F2N3O. The van der Waals surface area contributed by atoms with Crippen LogP contribution in [0.5, 0.6) is 0 Å². The second-order valence-electron chi connectivity index (χ2n) is 4.05. The highest BCUT2D eigenvalue weighted by atomic mass is 19.1. The van der Waals surface area contributed by atoms with Crippen LogP contribution < -0.4 is 5.32 Å². The Morgan fingerprint density at radius 3 is 2.63 bits per heavy atom. The lowest BCUT2D eigenvalue weighted by molar-refractivity contribution is 0.484. The van der Waals surface area contributed by atoms with E-state index in [1.54, 1.807) is 0 Å². The number of aryl methyl sites for hydroxylation is 1. The number of nitrogens with zero attached hydrogens (tertiary/aromatic N) is 2. The van der Waals surface area contributed by atoms with Crippen molar-refractivity contribution in [3.63, 3.8) is 0 Å². The smallest absolute Gasteiger partial charge is 0.253 e. The van der Waals surface area contributed by atoms with Gasteiger partial charge >= 0.3 is 0 Å². The molecular weight excluding hydrogens is 252 g/mol. The summed E-state index contributed by atoms with van der Waals surface area (Å²) in [5.74, 6) is -1.14. The summed E-state index contributed by atoms with van der Waals surface area (Å²) in [5.41, 5.74) is -0.270. The largest absolute Gasteiger partial charge is 0.420 e. The van der Waals surface area contributed by atoms with Crippen LogP contribution >= 0.6 is 0 Å². The van der Waals surface area contributed by atoms with Gasteiger partial charge in [-0.3, -0.25) is 0 Å². The molecule has 6 heteroatoms. The van der Waals surface area contributed by atoms with Gasteiger partial charge in [-0.2, -0.15) is 0 Å². The van der Waals surface area contributed by atoms with E-state index in [0.717, 1.165) is 31.6 Å². The Morgan fingerprint density at radius 2 is 1.95 bits per heavy atom. The van der Waals surface area contributed by atoms with E-state index in [4.69, 9.17) is 4.42 Å². The van der Waals surface area contributed by atoms with Crippen LogP contribution in [0.15, 0.2) is 22.6 Å². The van der Waals surface area contributed by atoms with Gasteiger partial charge in [0.1, 0.15) is 17.2 Å². The second-order valence-corrected chi connectivity index (χ2v) is 4.05. The highest BCUT2D eigenvalue weighted by Gasteiger charge is 2.17. The van der Waals surface area contributed by atoms with Crippen molar-refractivity contribution in [3.8, 4) is 11.5 Å². The summed E-state index contributed by atoms with van der Waals surface area (Å²) in [6.45, 7) is 3.75. The van der Waals surface area contributed by atoms with Gasteiger partial charge in [-0.25, -0.2) is 8.78 Å². The maximum atomic E-state index is 13.5. The maximum Gasteiger partial charge on any atom is 0.253 e. The number of hydrogen-bond donors (Lipinski definition) is 1. The maximum absolute atomic E-state index is 13.5. The molecule has 19 heavy (non-hydrogen) atoms. The Bertz CT molecular complexity index is 522. The SMILES string of the molecule is CCNCCCc1nnc(-c2c(F)cccc2F)o1. The summed E-state index contributed by atoms with van der Waals surface area (Å²) in [6.07, 6.45) is 1.41. The lowest BCUT2D eigenvalue weighted by Gasteiger charge is -1.99. The zero-order valence-electron chi connectivity index (χ0n) is 10.6. The predicted molar refractivity (Wildman–Crippen MR) is 66.5 cm³/mol. The quantitative estimate of drug-likeness (QED) is 0.817. The van der Waals surface area contributed by atoms with Crippen molar-refractivity contribution >= 4 is 0 Å². The first kappa shape index (κ1) is 13.6. The predicted octanol–water partition coefficient (Wildman–Crippen LogP) is 2.56. The first-order valence-electron chi connectivity index (χ1n) is 6.20. The third-order valence-electron chi connectivity index (χ3n) is 2.64. The summed E-state index contributed by atoms with van der Waals surface area (Å²) >= 11 is 0. The molecule has 0 unspecified atom stereocenters. The molecule has 0 spiro atoms. The molecule has 102 valence electrons. The molecule has 0 saturated carbocycles. The van der Waals surface area contributed by atoms with Gasteiger partial charge < -0.3 is 9.73 Å². The van der Waals surface area contributed by atoms with E-state index in [2.05, 4.69) is 15.5 Å². The normalized spacial score (nSPS) is 10.9. The van der Waals surface area contributed by atoms with E-state index < -0.39 is 11.6 Å². The van der Waals surface area contributed by atoms with Gasteiger partial charge in [0.25, 0.3) is 5.89 Å². The van der Waals surface area contributed by atoms with Crippen LogP contribution in [0.2, 0.25) is 0 Å². The zero-order valence-corrected chi connectivity index (χ0v) is 10.6. The second kappa shape index (κ2) is 6.38. The molecule has 2 aromatic rings. The monoisotopic (exact) mass is 267 g/mol. The minimum absolute atomic E-state index is 0.117. The van der Waals surface area contributed by atoms with Gasteiger partial charge in [-0.1, -0.05) is 13.0 Å². The van der Waals surface area contributed by atoms with Crippen molar-refractivity contribution in [2.24, 2.45) is 0 Å². The molecule has 0 aliphatic heterocycles. The zero-order chi connectivity index (χ0) is 13.7. The number of aromatic nitrogens is 2. The molecule has 0 aliphatic carbocycles. The molecule has 0 saturated heterocycles. The summed E-state index contributed by atoms with van der Waals surface area (Å²) < 4.78 is 32.3. The van der Waals surface area contributed by atoms with E-state index in [1.807, 2.05) is 6.92 Å². The molecule has 0 radical (unpaired) electrons. The summed E-state index contributed by atoms with van der Waals surface area (Å²) in [4.78, 5) is 0. The average Bonchev–Trinajstić information content (AvgIpc) is 2.83. The van der Waals surface area contributed by atoms with Crippen molar-refractivity contribution in [1.82, 2.24) is 15.5 Å². The minimum atomic E-state index is -0.706. The summed E-state index contributed by atoms with van der Waals surface area (Å²) in [7, 11) is 0. The molecule has 0 atom stereocenters. The van der Waals surface area contributed by atoms with Gasteiger partial charge in [-0.15, -0.1) is 10.2 Å². The van der Waals surface area contributed by atoms with Crippen molar-refractivity contribution in [3.05, 3.63) is 35.7 Å². The van der Waals surface area contributed by atoms with E-state index in [9.17, 15) is 8.78 Å². The molecule has 0 amide bonds. The Morgan fingerprint density at radius 1 is 1.21 bits per heavy atom. The van der Waals surface area contributed by atoms with Crippen LogP contribution in [0.1, 0.15) is 19.2 Å². The number of benzene rings is 1. The number of halogens is 2. The van der Waals surface area contributed by atoms with Crippen molar-refractivity contribution in [2.45, 2.75) is 19.8 Å². The van der Waals surface area contributed by atoms with E-state index in [0.29, 0.717) is 12.3 Å². The van der Waals surface area contributed by atoms with Gasteiger partial charge in [-0.05, 0) is 31.6 Å². The fraction of sp³-hybridized carbons (Fsp3) is 0.385. The Hall–Kier alpha value is -1.82. The third kappa shape index (κ3) is 3.35. The molecule has 1 N–H and O–H groups in total. The van der Waals surface area contributed by atoms with Crippen molar-refractivity contribution in [2.75, 3.05) is 13.1 Å². The number of hydrogen-bond acceptors (Lipinski definition) is 4. The van der Waals surface area contributed by atoms with Crippen LogP contribution in [0.25, 0.3) is 11.5 Å². The van der Waals surface area contributed by atoms with Crippen LogP contribution in [0.4, 0.5) is 8.78 Å². The molecule has 4 nitrogen and oxygen atoms in total. The first-order valence-corrected chi connectivity index (χ1v) is 6.20. The topological polar surface area (TPSA) is 51.0 Å². The fourth-order valence-electron chi connectivity index (χ4n) is 1.70. The highest BCUT2D eigenvalue weighted by molar-refractivity contribution is 5.54. The lowest BCUT2D eigenvalue weighted by Crippen LogP contribution is -2.14. The molecule has 0 bridgehead atoms. The van der Waals surface area contributed by atoms with Crippen LogP contribution in [-0.4, -0.2) is 23.3 Å².